The average Bonchev–Trinajstić information content (AvgIpc) is 3.39. The van der Waals surface area contributed by atoms with Crippen molar-refractivity contribution in [1.82, 2.24) is 14.1 Å². The van der Waals surface area contributed by atoms with Crippen LogP contribution < -0.4 is 11.0 Å². The lowest BCUT2D eigenvalue weighted by molar-refractivity contribution is -0.116. The van der Waals surface area contributed by atoms with E-state index in [1.807, 2.05) is 42.6 Å². The van der Waals surface area contributed by atoms with E-state index in [1.54, 1.807) is 21.5 Å². The fourth-order valence-corrected chi connectivity index (χ4v) is 3.77. The standard InChI is InChI=1S/C19H18N4O3S/c1-2-22-14-6-3-4-7-15(14)23(19(22)25)10-9-17(24)21-18-20-13(12-27-18)16-8-5-11-26-16/h3-8,11-12H,2,9-10H2,1H3,(H,20,21,24). The van der Waals surface area contributed by atoms with Crippen molar-refractivity contribution in [3.8, 4) is 11.5 Å². The summed E-state index contributed by atoms with van der Waals surface area (Å²) in [6, 6.07) is 11.2. The van der Waals surface area contributed by atoms with Gasteiger partial charge in [0.05, 0.1) is 17.3 Å². The van der Waals surface area contributed by atoms with Crippen molar-refractivity contribution >= 4 is 33.4 Å². The molecule has 1 N–H and O–H groups in total. The molecule has 8 heteroatoms. The summed E-state index contributed by atoms with van der Waals surface area (Å²) in [5, 5.41) is 5.12. The maximum Gasteiger partial charge on any atom is 0.329 e. The molecule has 0 unspecified atom stereocenters. The van der Waals surface area contributed by atoms with E-state index >= 15 is 0 Å². The summed E-state index contributed by atoms with van der Waals surface area (Å²) in [6.07, 6.45) is 1.77. The molecule has 0 bridgehead atoms. The molecule has 0 radical (unpaired) electrons. The third-order valence-corrected chi connectivity index (χ3v) is 5.09. The Kier molecular flexibility index (Phi) is 4.64. The lowest BCUT2D eigenvalue weighted by atomic mass is 10.3. The highest BCUT2D eigenvalue weighted by atomic mass is 32.1. The zero-order valence-corrected chi connectivity index (χ0v) is 15.5. The summed E-state index contributed by atoms with van der Waals surface area (Å²) in [4.78, 5) is 29.3. The van der Waals surface area contributed by atoms with Gasteiger partial charge in [-0.05, 0) is 31.2 Å². The van der Waals surface area contributed by atoms with Crippen LogP contribution in [0, 0.1) is 0 Å². The van der Waals surface area contributed by atoms with Gasteiger partial charge in [-0.2, -0.15) is 0 Å². The van der Waals surface area contributed by atoms with Gasteiger partial charge in [0.25, 0.3) is 0 Å². The SMILES string of the molecule is CCn1c(=O)n(CCC(=O)Nc2nc(-c3ccco3)cs2)c2ccccc21. The molecule has 138 valence electrons. The van der Waals surface area contributed by atoms with Crippen LogP contribution in [0.15, 0.2) is 57.3 Å². The van der Waals surface area contributed by atoms with E-state index in [1.165, 1.54) is 11.3 Å². The lowest BCUT2D eigenvalue weighted by Crippen LogP contribution is -2.25. The summed E-state index contributed by atoms with van der Waals surface area (Å²) in [5.74, 6) is 0.473. The molecular formula is C19H18N4O3S. The number of furan rings is 1. The number of anilines is 1. The summed E-state index contributed by atoms with van der Waals surface area (Å²) < 4.78 is 8.66. The van der Waals surface area contributed by atoms with E-state index in [4.69, 9.17) is 4.42 Å². The minimum absolute atomic E-state index is 0.0964. The number of hydrogen-bond donors (Lipinski definition) is 1. The van der Waals surface area contributed by atoms with Crippen molar-refractivity contribution in [3.63, 3.8) is 0 Å². The number of nitrogens with one attached hydrogen (secondary N) is 1. The van der Waals surface area contributed by atoms with Crippen LogP contribution in [0.4, 0.5) is 5.13 Å². The number of aromatic nitrogens is 3. The molecule has 3 heterocycles. The zero-order valence-electron chi connectivity index (χ0n) is 14.7. The van der Waals surface area contributed by atoms with Crippen molar-refractivity contribution in [2.45, 2.75) is 26.4 Å². The summed E-state index contributed by atoms with van der Waals surface area (Å²) in [7, 11) is 0. The van der Waals surface area contributed by atoms with E-state index < -0.39 is 0 Å². The minimum Gasteiger partial charge on any atom is -0.463 e. The van der Waals surface area contributed by atoms with Gasteiger partial charge in [0.1, 0.15) is 5.69 Å². The van der Waals surface area contributed by atoms with Crippen molar-refractivity contribution < 1.29 is 9.21 Å². The number of amides is 1. The normalized spacial score (nSPS) is 11.1. The van der Waals surface area contributed by atoms with Crippen LogP contribution in [0.1, 0.15) is 13.3 Å². The first-order chi connectivity index (χ1) is 13.2. The van der Waals surface area contributed by atoms with Gasteiger partial charge in [-0.1, -0.05) is 12.1 Å². The molecule has 27 heavy (non-hydrogen) atoms. The second kappa shape index (κ2) is 7.24. The first-order valence-electron chi connectivity index (χ1n) is 8.64. The molecule has 0 saturated heterocycles. The van der Waals surface area contributed by atoms with Crippen LogP contribution in [0.2, 0.25) is 0 Å². The summed E-state index contributed by atoms with van der Waals surface area (Å²) >= 11 is 1.34. The number of nitrogens with zero attached hydrogens (tertiary/aromatic N) is 3. The Bertz CT molecular complexity index is 1140. The average molecular weight is 382 g/mol. The number of carbonyl (C=O) groups excluding carboxylic acids is 1. The molecule has 0 aliphatic carbocycles. The van der Waals surface area contributed by atoms with Gasteiger partial charge >= 0.3 is 5.69 Å². The Hall–Kier alpha value is -3.13. The van der Waals surface area contributed by atoms with Crippen molar-refractivity contribution in [1.29, 1.82) is 0 Å². The molecule has 0 saturated carbocycles. The Morgan fingerprint density at radius 3 is 2.67 bits per heavy atom. The fourth-order valence-electron chi connectivity index (χ4n) is 3.06. The third-order valence-electron chi connectivity index (χ3n) is 4.33. The van der Waals surface area contributed by atoms with Gasteiger partial charge < -0.3 is 9.73 Å². The molecule has 0 atom stereocenters. The molecule has 0 spiro atoms. The predicted molar refractivity (Wildman–Crippen MR) is 105 cm³/mol. The monoisotopic (exact) mass is 382 g/mol. The lowest BCUT2D eigenvalue weighted by Gasteiger charge is -2.03. The maximum absolute atomic E-state index is 12.6. The minimum atomic E-state index is -0.185. The van der Waals surface area contributed by atoms with Crippen molar-refractivity contribution in [2.75, 3.05) is 5.32 Å². The number of aryl methyl sites for hydroxylation is 2. The first-order valence-corrected chi connectivity index (χ1v) is 9.52. The van der Waals surface area contributed by atoms with Crippen LogP contribution in [-0.4, -0.2) is 20.0 Å². The number of para-hydroxylation sites is 2. The van der Waals surface area contributed by atoms with E-state index in [0.717, 1.165) is 11.0 Å². The van der Waals surface area contributed by atoms with Crippen LogP contribution in [-0.2, 0) is 17.9 Å². The van der Waals surface area contributed by atoms with Crippen LogP contribution >= 0.6 is 11.3 Å². The van der Waals surface area contributed by atoms with Gasteiger partial charge in [0.2, 0.25) is 5.91 Å². The number of fused-ring (bicyclic) bond motifs is 1. The molecule has 1 aromatic carbocycles. The number of thiazole rings is 1. The molecule has 0 fully saturated rings. The maximum atomic E-state index is 12.6. The molecule has 0 aliphatic rings. The van der Waals surface area contributed by atoms with Gasteiger partial charge in [0, 0.05) is 24.9 Å². The predicted octanol–water partition coefficient (Wildman–Crippen LogP) is 3.57. The van der Waals surface area contributed by atoms with E-state index in [9.17, 15) is 9.59 Å². The number of rotatable bonds is 6. The molecule has 0 aliphatic heterocycles. The highest BCUT2D eigenvalue weighted by Crippen LogP contribution is 2.25. The number of benzene rings is 1. The molecular weight excluding hydrogens is 364 g/mol. The Morgan fingerprint density at radius 2 is 1.96 bits per heavy atom. The largest absolute Gasteiger partial charge is 0.463 e. The smallest absolute Gasteiger partial charge is 0.329 e. The van der Waals surface area contributed by atoms with Gasteiger partial charge in [0.15, 0.2) is 10.9 Å². The molecule has 1 amide bonds. The van der Waals surface area contributed by atoms with Crippen molar-refractivity contribution in [2.24, 2.45) is 0 Å². The highest BCUT2D eigenvalue weighted by molar-refractivity contribution is 7.14. The fraction of sp³-hybridized carbons (Fsp3) is 0.211. The Labute approximate surface area is 158 Å². The van der Waals surface area contributed by atoms with Crippen LogP contribution in [0.5, 0.6) is 0 Å². The zero-order chi connectivity index (χ0) is 18.8. The second-order valence-electron chi connectivity index (χ2n) is 5.98. The quantitative estimate of drug-likeness (QED) is 0.553. The topological polar surface area (TPSA) is 82.1 Å². The molecule has 7 nitrogen and oxygen atoms in total. The summed E-state index contributed by atoms with van der Waals surface area (Å²) in [6.45, 7) is 2.84. The van der Waals surface area contributed by atoms with E-state index in [2.05, 4.69) is 10.3 Å². The van der Waals surface area contributed by atoms with Gasteiger partial charge in [-0.15, -0.1) is 11.3 Å². The Balaban J connectivity index is 1.47. The molecule has 3 aromatic heterocycles. The third kappa shape index (κ3) is 3.31. The van der Waals surface area contributed by atoms with E-state index in [0.29, 0.717) is 29.7 Å². The number of imidazole rings is 1. The van der Waals surface area contributed by atoms with Gasteiger partial charge in [-0.25, -0.2) is 9.78 Å². The van der Waals surface area contributed by atoms with Gasteiger partial charge in [-0.3, -0.25) is 13.9 Å². The number of carbonyl (C=O) groups is 1. The second-order valence-corrected chi connectivity index (χ2v) is 6.84. The molecule has 4 rings (SSSR count). The highest BCUT2D eigenvalue weighted by Gasteiger charge is 2.14. The first kappa shape index (κ1) is 17.3. The van der Waals surface area contributed by atoms with Crippen LogP contribution in [0.3, 0.4) is 0 Å². The molecule has 4 aromatic rings. The Morgan fingerprint density at radius 1 is 1.19 bits per heavy atom. The van der Waals surface area contributed by atoms with Crippen molar-refractivity contribution in [3.05, 3.63) is 58.5 Å². The number of hydrogen-bond acceptors (Lipinski definition) is 5. The van der Waals surface area contributed by atoms with E-state index in [-0.39, 0.29) is 18.0 Å². The summed E-state index contributed by atoms with van der Waals surface area (Å²) in [5.41, 5.74) is 2.31. The van der Waals surface area contributed by atoms with Crippen LogP contribution in [0.25, 0.3) is 22.5 Å².